The third-order valence-corrected chi connectivity index (χ3v) is 4.85. The van der Waals surface area contributed by atoms with E-state index in [0.717, 1.165) is 11.3 Å². The van der Waals surface area contributed by atoms with Gasteiger partial charge >= 0.3 is 0 Å². The highest BCUT2D eigenvalue weighted by Crippen LogP contribution is 2.24. The second-order valence-electron chi connectivity index (χ2n) is 6.82. The molecule has 0 radical (unpaired) electrons. The highest BCUT2D eigenvalue weighted by molar-refractivity contribution is 5.95. The first-order valence-electron chi connectivity index (χ1n) is 9.02. The summed E-state index contributed by atoms with van der Waals surface area (Å²) in [5.74, 6) is -0.00560. The maximum atomic E-state index is 13.2. The number of pyridine rings is 1. The Labute approximate surface area is 161 Å². The second kappa shape index (κ2) is 7.31. The fraction of sp³-hybridized carbons (Fsp3) is 0.182. The van der Waals surface area contributed by atoms with Crippen LogP contribution in [-0.2, 0) is 6.42 Å². The monoisotopic (exact) mass is 378 g/mol. The zero-order chi connectivity index (χ0) is 19.7. The number of rotatable bonds is 3. The molecule has 0 saturated carbocycles. The van der Waals surface area contributed by atoms with Crippen LogP contribution in [0, 0.1) is 12.7 Å². The van der Waals surface area contributed by atoms with Gasteiger partial charge in [0.2, 0.25) is 0 Å². The van der Waals surface area contributed by atoms with Crippen molar-refractivity contribution >= 4 is 5.91 Å². The molecule has 2 aromatic carbocycles. The van der Waals surface area contributed by atoms with Gasteiger partial charge in [0.25, 0.3) is 11.5 Å². The SMILES string of the molecule is Cc1ccn(-c2ccc(F)cc2)c(=O)c1C(=O)NC1COc2ccccc2C1. The first kappa shape index (κ1) is 18.0. The van der Waals surface area contributed by atoms with Crippen molar-refractivity contribution in [2.75, 3.05) is 6.61 Å². The zero-order valence-corrected chi connectivity index (χ0v) is 15.3. The van der Waals surface area contributed by atoms with Crippen molar-refractivity contribution in [1.29, 1.82) is 0 Å². The number of nitrogens with one attached hydrogen (secondary N) is 1. The van der Waals surface area contributed by atoms with Crippen LogP contribution >= 0.6 is 0 Å². The molecular weight excluding hydrogens is 359 g/mol. The normalized spacial score (nSPS) is 15.4. The summed E-state index contributed by atoms with van der Waals surface area (Å²) in [6.07, 6.45) is 2.22. The molecule has 1 amide bonds. The van der Waals surface area contributed by atoms with Crippen molar-refractivity contribution in [2.24, 2.45) is 0 Å². The van der Waals surface area contributed by atoms with Crippen LogP contribution in [0.2, 0.25) is 0 Å². The topological polar surface area (TPSA) is 60.3 Å². The summed E-state index contributed by atoms with van der Waals surface area (Å²) in [7, 11) is 0. The van der Waals surface area contributed by atoms with Gasteiger partial charge in [-0.05, 0) is 60.9 Å². The number of ether oxygens (including phenoxy) is 1. The highest BCUT2D eigenvalue weighted by Gasteiger charge is 2.24. The van der Waals surface area contributed by atoms with Crippen LogP contribution in [0.3, 0.4) is 0 Å². The molecule has 0 saturated heterocycles. The van der Waals surface area contributed by atoms with E-state index < -0.39 is 11.5 Å². The van der Waals surface area contributed by atoms with Gasteiger partial charge in [-0.2, -0.15) is 0 Å². The molecule has 28 heavy (non-hydrogen) atoms. The number of fused-ring (bicyclic) bond motifs is 1. The van der Waals surface area contributed by atoms with Gasteiger partial charge in [-0.1, -0.05) is 18.2 Å². The fourth-order valence-electron chi connectivity index (χ4n) is 3.39. The number of carbonyl (C=O) groups excluding carboxylic acids is 1. The van der Waals surface area contributed by atoms with Crippen molar-refractivity contribution in [3.05, 3.63) is 93.7 Å². The van der Waals surface area contributed by atoms with Crippen LogP contribution in [0.5, 0.6) is 5.75 Å². The molecule has 0 spiro atoms. The van der Waals surface area contributed by atoms with Crippen molar-refractivity contribution in [1.82, 2.24) is 9.88 Å². The number of nitrogens with zero attached hydrogens (tertiary/aromatic N) is 1. The second-order valence-corrected chi connectivity index (χ2v) is 6.82. The molecule has 1 N–H and O–H groups in total. The van der Waals surface area contributed by atoms with Gasteiger partial charge in [0.05, 0.1) is 6.04 Å². The van der Waals surface area contributed by atoms with E-state index in [9.17, 15) is 14.0 Å². The number of para-hydroxylation sites is 1. The highest BCUT2D eigenvalue weighted by atomic mass is 19.1. The predicted octanol–water partition coefficient (Wildman–Crippen LogP) is 3.02. The summed E-state index contributed by atoms with van der Waals surface area (Å²) >= 11 is 0. The van der Waals surface area contributed by atoms with Gasteiger partial charge in [-0.15, -0.1) is 0 Å². The molecule has 2 heterocycles. The van der Waals surface area contributed by atoms with E-state index in [1.54, 1.807) is 19.2 Å². The van der Waals surface area contributed by atoms with Gasteiger partial charge in [0, 0.05) is 11.9 Å². The average Bonchev–Trinajstić information content (AvgIpc) is 2.69. The summed E-state index contributed by atoms with van der Waals surface area (Å²) in [5.41, 5.74) is 1.73. The van der Waals surface area contributed by atoms with Gasteiger partial charge in [0.1, 0.15) is 23.7 Å². The van der Waals surface area contributed by atoms with E-state index in [4.69, 9.17) is 4.74 Å². The van der Waals surface area contributed by atoms with E-state index in [1.807, 2.05) is 24.3 Å². The first-order chi connectivity index (χ1) is 13.5. The smallest absolute Gasteiger partial charge is 0.268 e. The Balaban J connectivity index is 1.60. The first-order valence-corrected chi connectivity index (χ1v) is 9.02. The number of hydrogen-bond donors (Lipinski definition) is 1. The van der Waals surface area contributed by atoms with Crippen molar-refractivity contribution in [2.45, 2.75) is 19.4 Å². The van der Waals surface area contributed by atoms with E-state index in [0.29, 0.717) is 24.3 Å². The van der Waals surface area contributed by atoms with E-state index in [1.165, 1.54) is 28.8 Å². The Morgan fingerprint density at radius 2 is 1.89 bits per heavy atom. The number of aromatic nitrogens is 1. The molecule has 0 bridgehead atoms. The number of benzene rings is 2. The Morgan fingerprint density at radius 3 is 2.68 bits per heavy atom. The molecular formula is C22H19FN2O3. The lowest BCUT2D eigenvalue weighted by atomic mass is 10.0. The van der Waals surface area contributed by atoms with Crippen LogP contribution in [0.4, 0.5) is 4.39 Å². The molecule has 3 aromatic rings. The van der Waals surface area contributed by atoms with Crippen LogP contribution in [0.1, 0.15) is 21.5 Å². The third-order valence-electron chi connectivity index (χ3n) is 4.85. The number of aryl methyl sites for hydroxylation is 1. The number of halogens is 1. The van der Waals surface area contributed by atoms with Gasteiger partial charge < -0.3 is 10.1 Å². The Morgan fingerprint density at radius 1 is 1.14 bits per heavy atom. The molecule has 4 rings (SSSR count). The molecule has 1 aliphatic heterocycles. The Kier molecular flexibility index (Phi) is 4.69. The lowest BCUT2D eigenvalue weighted by Crippen LogP contribution is -2.45. The predicted molar refractivity (Wildman–Crippen MR) is 104 cm³/mol. The fourth-order valence-corrected chi connectivity index (χ4v) is 3.39. The molecule has 5 nitrogen and oxygen atoms in total. The summed E-state index contributed by atoms with van der Waals surface area (Å²) in [6.45, 7) is 2.07. The van der Waals surface area contributed by atoms with Gasteiger partial charge in [0.15, 0.2) is 0 Å². The molecule has 0 fully saturated rings. The number of carbonyl (C=O) groups is 1. The third kappa shape index (κ3) is 3.41. The summed E-state index contributed by atoms with van der Waals surface area (Å²) in [4.78, 5) is 25.8. The minimum absolute atomic E-state index is 0.0747. The summed E-state index contributed by atoms with van der Waals surface area (Å²) in [6, 6.07) is 14.7. The van der Waals surface area contributed by atoms with E-state index in [-0.39, 0.29) is 17.4 Å². The van der Waals surface area contributed by atoms with Crippen molar-refractivity contribution in [3.8, 4) is 11.4 Å². The van der Waals surface area contributed by atoms with Crippen LogP contribution in [0.15, 0.2) is 65.6 Å². The van der Waals surface area contributed by atoms with Crippen molar-refractivity contribution in [3.63, 3.8) is 0 Å². The van der Waals surface area contributed by atoms with Crippen LogP contribution in [-0.4, -0.2) is 23.1 Å². The van der Waals surface area contributed by atoms with E-state index in [2.05, 4.69) is 5.32 Å². The lowest BCUT2D eigenvalue weighted by molar-refractivity contribution is 0.0913. The minimum atomic E-state index is -0.443. The van der Waals surface area contributed by atoms with Crippen LogP contribution < -0.4 is 15.6 Å². The molecule has 0 aliphatic carbocycles. The van der Waals surface area contributed by atoms with E-state index >= 15 is 0 Å². The quantitative estimate of drug-likeness (QED) is 0.762. The Hall–Kier alpha value is -3.41. The molecule has 142 valence electrons. The maximum Gasteiger partial charge on any atom is 0.268 e. The van der Waals surface area contributed by atoms with Gasteiger partial charge in [-0.3, -0.25) is 14.2 Å². The number of amides is 1. The van der Waals surface area contributed by atoms with Gasteiger partial charge in [-0.25, -0.2) is 4.39 Å². The summed E-state index contributed by atoms with van der Waals surface area (Å²) < 4.78 is 20.2. The molecule has 6 heteroatoms. The molecule has 1 atom stereocenters. The molecule has 1 aliphatic rings. The van der Waals surface area contributed by atoms with Crippen molar-refractivity contribution < 1.29 is 13.9 Å². The minimum Gasteiger partial charge on any atom is -0.491 e. The zero-order valence-electron chi connectivity index (χ0n) is 15.3. The molecule has 1 unspecified atom stereocenters. The Bertz CT molecular complexity index is 1090. The molecule has 1 aromatic heterocycles. The summed E-state index contributed by atoms with van der Waals surface area (Å²) in [5, 5.41) is 2.91. The van der Waals surface area contributed by atoms with Crippen LogP contribution in [0.25, 0.3) is 5.69 Å². The largest absolute Gasteiger partial charge is 0.491 e. The number of hydrogen-bond acceptors (Lipinski definition) is 3. The lowest BCUT2D eigenvalue weighted by Gasteiger charge is -2.26. The average molecular weight is 378 g/mol. The maximum absolute atomic E-state index is 13.2. The standard InChI is InChI=1S/C22H19FN2O3/c1-14-10-11-25(18-8-6-16(23)7-9-18)22(27)20(14)21(26)24-17-12-15-4-2-3-5-19(15)28-13-17/h2-11,17H,12-13H2,1H3,(H,24,26).